The molecule has 0 radical (unpaired) electrons. The Kier molecular flexibility index (Phi) is 5.29. The highest BCUT2D eigenvalue weighted by Gasteiger charge is 2.24. The first-order valence-corrected chi connectivity index (χ1v) is 10.0. The van der Waals surface area contributed by atoms with E-state index in [1.165, 1.54) is 23.4 Å². The molecule has 1 aliphatic heterocycles. The van der Waals surface area contributed by atoms with Crippen LogP contribution >= 0.6 is 11.8 Å². The SMILES string of the molecule is Cc1ccc(N=C2NC(=O)/C(=C\c3ccc(-c4cccc(C(=O)O)c4)o3)S2)cc1C. The second-order valence-electron chi connectivity index (χ2n) is 6.84. The Balaban J connectivity index is 1.55. The lowest BCUT2D eigenvalue weighted by molar-refractivity contribution is -0.115. The van der Waals surface area contributed by atoms with Crippen molar-refractivity contribution >= 4 is 40.6 Å². The Morgan fingerprint density at radius 1 is 1.10 bits per heavy atom. The van der Waals surface area contributed by atoms with Crippen molar-refractivity contribution in [2.24, 2.45) is 4.99 Å². The minimum Gasteiger partial charge on any atom is -0.478 e. The lowest BCUT2D eigenvalue weighted by Crippen LogP contribution is -2.19. The van der Waals surface area contributed by atoms with Gasteiger partial charge >= 0.3 is 5.97 Å². The highest BCUT2D eigenvalue weighted by Crippen LogP contribution is 2.30. The standard InChI is InChI=1S/C23H18N2O4S/c1-13-6-7-17(10-14(13)2)24-23-25-21(26)20(30-23)12-18-8-9-19(29-18)15-4-3-5-16(11-15)22(27)28/h3-12H,1-2H3,(H,27,28)(H,24,25,26)/b20-12+. The lowest BCUT2D eigenvalue weighted by atomic mass is 10.1. The molecule has 0 saturated carbocycles. The molecule has 0 atom stereocenters. The Morgan fingerprint density at radius 2 is 1.93 bits per heavy atom. The predicted molar refractivity (Wildman–Crippen MR) is 118 cm³/mol. The van der Waals surface area contributed by atoms with Crippen LogP contribution in [0, 0.1) is 13.8 Å². The highest BCUT2D eigenvalue weighted by atomic mass is 32.2. The third kappa shape index (κ3) is 4.21. The van der Waals surface area contributed by atoms with Crippen LogP contribution in [-0.4, -0.2) is 22.2 Å². The number of carbonyl (C=O) groups is 2. The molecule has 6 nitrogen and oxygen atoms in total. The first kappa shape index (κ1) is 19.7. The van der Waals surface area contributed by atoms with Crippen LogP contribution in [-0.2, 0) is 4.79 Å². The minimum absolute atomic E-state index is 0.182. The Bertz CT molecular complexity index is 1220. The molecule has 7 heteroatoms. The van der Waals surface area contributed by atoms with E-state index in [1.807, 2.05) is 32.0 Å². The Hall–Kier alpha value is -3.58. The van der Waals surface area contributed by atoms with Crippen molar-refractivity contribution in [3.05, 3.63) is 82.0 Å². The maximum Gasteiger partial charge on any atom is 0.335 e. The minimum atomic E-state index is -1.000. The van der Waals surface area contributed by atoms with Gasteiger partial charge in [0.05, 0.1) is 16.2 Å². The van der Waals surface area contributed by atoms with Crippen molar-refractivity contribution in [1.82, 2.24) is 5.32 Å². The molecular formula is C23H18N2O4S. The van der Waals surface area contributed by atoms with Gasteiger partial charge in [-0.15, -0.1) is 0 Å². The van der Waals surface area contributed by atoms with E-state index in [9.17, 15) is 9.59 Å². The summed E-state index contributed by atoms with van der Waals surface area (Å²) in [4.78, 5) is 28.4. The Labute approximate surface area is 177 Å². The fourth-order valence-electron chi connectivity index (χ4n) is 2.91. The number of carboxylic acid groups (broad SMARTS) is 1. The van der Waals surface area contributed by atoms with Gasteiger partial charge in [0, 0.05) is 11.6 Å². The van der Waals surface area contributed by atoms with Crippen LogP contribution in [0.2, 0.25) is 0 Å². The first-order chi connectivity index (χ1) is 14.4. The number of carbonyl (C=O) groups excluding carboxylic acids is 1. The van der Waals surface area contributed by atoms with Crippen molar-refractivity contribution < 1.29 is 19.1 Å². The molecule has 0 spiro atoms. The van der Waals surface area contributed by atoms with Crippen LogP contribution in [0.4, 0.5) is 5.69 Å². The monoisotopic (exact) mass is 418 g/mol. The van der Waals surface area contributed by atoms with Crippen LogP contribution in [0.1, 0.15) is 27.2 Å². The number of aromatic carboxylic acids is 1. The number of hydrogen-bond acceptors (Lipinski definition) is 5. The molecule has 2 heterocycles. The van der Waals surface area contributed by atoms with Gasteiger partial charge in [-0.1, -0.05) is 18.2 Å². The topological polar surface area (TPSA) is 91.9 Å². The maximum absolute atomic E-state index is 12.3. The number of carboxylic acids is 1. The number of aliphatic imine (C=N–C) groups is 1. The van der Waals surface area contributed by atoms with Crippen LogP contribution < -0.4 is 5.32 Å². The number of nitrogens with one attached hydrogen (secondary N) is 1. The summed E-state index contributed by atoms with van der Waals surface area (Å²) in [6.45, 7) is 4.06. The van der Waals surface area contributed by atoms with E-state index in [0.29, 0.717) is 27.2 Å². The van der Waals surface area contributed by atoms with E-state index < -0.39 is 5.97 Å². The summed E-state index contributed by atoms with van der Waals surface area (Å²) < 4.78 is 5.79. The number of hydrogen-bond donors (Lipinski definition) is 2. The summed E-state index contributed by atoms with van der Waals surface area (Å²) in [7, 11) is 0. The summed E-state index contributed by atoms with van der Waals surface area (Å²) >= 11 is 1.24. The van der Waals surface area contributed by atoms with Crippen molar-refractivity contribution in [3.8, 4) is 11.3 Å². The molecule has 0 unspecified atom stereocenters. The molecule has 4 rings (SSSR count). The molecular weight excluding hydrogens is 400 g/mol. The fraction of sp³-hybridized carbons (Fsp3) is 0.0870. The number of nitrogens with zero attached hydrogens (tertiary/aromatic N) is 1. The van der Waals surface area contributed by atoms with Crippen LogP contribution in [0.15, 0.2) is 68.9 Å². The lowest BCUT2D eigenvalue weighted by Gasteiger charge is -2.01. The van der Waals surface area contributed by atoms with Gasteiger partial charge in [0.25, 0.3) is 5.91 Å². The number of thioether (sulfide) groups is 1. The molecule has 0 bridgehead atoms. The molecule has 30 heavy (non-hydrogen) atoms. The third-order valence-corrected chi connectivity index (χ3v) is 5.58. The fourth-order valence-corrected chi connectivity index (χ4v) is 3.74. The summed E-state index contributed by atoms with van der Waals surface area (Å²) in [5.74, 6) is -0.220. The van der Waals surface area contributed by atoms with Gasteiger partial charge in [0.1, 0.15) is 11.5 Å². The summed E-state index contributed by atoms with van der Waals surface area (Å²) in [6.07, 6.45) is 1.65. The largest absolute Gasteiger partial charge is 0.478 e. The van der Waals surface area contributed by atoms with Gasteiger partial charge in [-0.2, -0.15) is 0 Å². The molecule has 1 aliphatic rings. The van der Waals surface area contributed by atoms with Crippen molar-refractivity contribution in [2.45, 2.75) is 13.8 Å². The molecule has 1 aromatic heterocycles. The van der Waals surface area contributed by atoms with Crippen molar-refractivity contribution in [2.75, 3.05) is 0 Å². The second-order valence-corrected chi connectivity index (χ2v) is 7.87. The number of amides is 1. The zero-order valence-electron chi connectivity index (χ0n) is 16.3. The molecule has 1 saturated heterocycles. The number of amidine groups is 1. The molecule has 2 N–H and O–H groups in total. The van der Waals surface area contributed by atoms with E-state index in [0.717, 1.165) is 11.3 Å². The normalized spacial score (nSPS) is 16.3. The number of aryl methyl sites for hydroxylation is 2. The molecule has 150 valence electrons. The quantitative estimate of drug-likeness (QED) is 0.572. The zero-order valence-corrected chi connectivity index (χ0v) is 17.1. The van der Waals surface area contributed by atoms with Crippen LogP contribution in [0.3, 0.4) is 0 Å². The molecule has 2 aromatic carbocycles. The molecule has 3 aromatic rings. The maximum atomic E-state index is 12.3. The van der Waals surface area contributed by atoms with Gasteiger partial charge in [0.2, 0.25) is 0 Å². The van der Waals surface area contributed by atoms with Gasteiger partial charge in [-0.05, 0) is 73.1 Å². The number of rotatable bonds is 4. The van der Waals surface area contributed by atoms with E-state index in [2.05, 4.69) is 10.3 Å². The summed E-state index contributed by atoms with van der Waals surface area (Å²) in [5.41, 5.74) is 3.93. The first-order valence-electron chi connectivity index (χ1n) is 9.19. The highest BCUT2D eigenvalue weighted by molar-refractivity contribution is 8.18. The van der Waals surface area contributed by atoms with Crippen molar-refractivity contribution in [1.29, 1.82) is 0 Å². The average molecular weight is 418 g/mol. The van der Waals surface area contributed by atoms with Gasteiger partial charge in [0.15, 0.2) is 5.17 Å². The number of benzene rings is 2. The van der Waals surface area contributed by atoms with Crippen LogP contribution in [0.25, 0.3) is 17.4 Å². The van der Waals surface area contributed by atoms with E-state index in [-0.39, 0.29) is 11.5 Å². The van der Waals surface area contributed by atoms with Gasteiger partial charge in [-0.25, -0.2) is 9.79 Å². The molecule has 1 amide bonds. The second kappa shape index (κ2) is 8.04. The van der Waals surface area contributed by atoms with Gasteiger partial charge in [-0.3, -0.25) is 4.79 Å². The smallest absolute Gasteiger partial charge is 0.335 e. The van der Waals surface area contributed by atoms with E-state index >= 15 is 0 Å². The van der Waals surface area contributed by atoms with Crippen molar-refractivity contribution in [3.63, 3.8) is 0 Å². The van der Waals surface area contributed by atoms with Crippen LogP contribution in [0.5, 0.6) is 0 Å². The molecule has 0 aliphatic carbocycles. The van der Waals surface area contributed by atoms with Gasteiger partial charge < -0.3 is 14.8 Å². The summed E-state index contributed by atoms with van der Waals surface area (Å²) in [5, 5.41) is 12.4. The zero-order chi connectivity index (χ0) is 21.3. The molecule has 1 fully saturated rings. The van der Waals surface area contributed by atoms with E-state index in [1.54, 1.807) is 36.4 Å². The third-order valence-electron chi connectivity index (χ3n) is 4.67. The average Bonchev–Trinajstić information content (AvgIpc) is 3.32. The predicted octanol–water partition coefficient (Wildman–Crippen LogP) is 5.15. The number of furan rings is 1. The van der Waals surface area contributed by atoms with E-state index in [4.69, 9.17) is 9.52 Å². The Morgan fingerprint density at radius 3 is 2.70 bits per heavy atom. The summed E-state index contributed by atoms with van der Waals surface area (Å²) in [6, 6.07) is 15.9.